The van der Waals surface area contributed by atoms with Gasteiger partial charge in [-0.2, -0.15) is 0 Å². The Balaban J connectivity index is 1.44. The molecule has 5 nitrogen and oxygen atoms in total. The van der Waals surface area contributed by atoms with Gasteiger partial charge in [-0.3, -0.25) is 10.1 Å². The molecule has 0 fully saturated rings. The highest BCUT2D eigenvalue weighted by Crippen LogP contribution is 2.22. The van der Waals surface area contributed by atoms with Crippen LogP contribution in [-0.2, 0) is 4.79 Å². The summed E-state index contributed by atoms with van der Waals surface area (Å²) >= 11 is 5.11. The van der Waals surface area contributed by atoms with Gasteiger partial charge in [0.2, 0.25) is 11.8 Å². The number of benzene rings is 2. The maximum absolute atomic E-state index is 12.0. The number of aromatic nitrogens is 2. The predicted octanol–water partition coefficient (Wildman–Crippen LogP) is 5.01. The van der Waals surface area contributed by atoms with Gasteiger partial charge in [0, 0.05) is 21.4 Å². The number of nitrogens with one attached hydrogen (secondary N) is 1. The van der Waals surface area contributed by atoms with Gasteiger partial charge >= 0.3 is 6.01 Å². The highest BCUT2D eigenvalue weighted by molar-refractivity contribution is 9.10. The van der Waals surface area contributed by atoms with Crippen molar-refractivity contribution in [3.63, 3.8) is 0 Å². The lowest BCUT2D eigenvalue weighted by Crippen LogP contribution is -2.11. The molecule has 0 atom stereocenters. The van der Waals surface area contributed by atoms with E-state index in [1.165, 1.54) is 4.90 Å². The van der Waals surface area contributed by atoms with Gasteiger partial charge < -0.3 is 4.42 Å². The SMILES string of the molecule is O=C(CCCSc1ccccc1)Nc1nnc(-c2ccc(Br)cc2)o1. The third-order valence-electron chi connectivity index (χ3n) is 3.32. The lowest BCUT2D eigenvalue weighted by molar-refractivity contribution is -0.116. The Bertz CT molecular complexity index is 822. The van der Waals surface area contributed by atoms with Gasteiger partial charge in [-0.05, 0) is 48.6 Å². The van der Waals surface area contributed by atoms with Crippen molar-refractivity contribution in [2.45, 2.75) is 17.7 Å². The Morgan fingerprint density at radius 1 is 1.08 bits per heavy atom. The fourth-order valence-electron chi connectivity index (χ4n) is 2.10. The summed E-state index contributed by atoms with van der Waals surface area (Å²) in [6, 6.07) is 17.8. The van der Waals surface area contributed by atoms with Crippen LogP contribution in [0.2, 0.25) is 0 Å². The molecule has 0 saturated carbocycles. The molecular formula is C18H16BrN3O2S. The Morgan fingerprint density at radius 3 is 2.60 bits per heavy atom. The molecule has 1 N–H and O–H groups in total. The summed E-state index contributed by atoms with van der Waals surface area (Å²) in [6.07, 6.45) is 1.19. The molecule has 7 heteroatoms. The molecule has 1 amide bonds. The molecule has 0 aliphatic heterocycles. The van der Waals surface area contributed by atoms with Crippen LogP contribution in [0, 0.1) is 0 Å². The van der Waals surface area contributed by atoms with Crippen LogP contribution < -0.4 is 5.32 Å². The van der Waals surface area contributed by atoms with Crippen molar-refractivity contribution >= 4 is 39.6 Å². The summed E-state index contributed by atoms with van der Waals surface area (Å²) in [6.45, 7) is 0. The normalized spacial score (nSPS) is 10.6. The van der Waals surface area contributed by atoms with Crippen LogP contribution in [0.5, 0.6) is 0 Å². The first kappa shape index (κ1) is 17.7. The second-order valence-electron chi connectivity index (χ2n) is 5.23. The first-order valence-electron chi connectivity index (χ1n) is 7.78. The van der Waals surface area contributed by atoms with Crippen molar-refractivity contribution < 1.29 is 9.21 Å². The summed E-state index contributed by atoms with van der Waals surface area (Å²) in [5, 5.41) is 10.5. The summed E-state index contributed by atoms with van der Waals surface area (Å²) in [5.74, 6) is 1.13. The van der Waals surface area contributed by atoms with Gasteiger partial charge in [0.25, 0.3) is 0 Å². The Kier molecular flexibility index (Phi) is 6.25. The zero-order valence-corrected chi connectivity index (χ0v) is 15.7. The van der Waals surface area contributed by atoms with Gasteiger partial charge in [-0.1, -0.05) is 39.2 Å². The monoisotopic (exact) mass is 417 g/mol. The van der Waals surface area contributed by atoms with E-state index in [0.717, 1.165) is 22.2 Å². The summed E-state index contributed by atoms with van der Waals surface area (Å²) in [7, 11) is 0. The van der Waals surface area contributed by atoms with Gasteiger partial charge in [-0.25, -0.2) is 0 Å². The highest BCUT2D eigenvalue weighted by atomic mass is 79.9. The Labute approximate surface area is 158 Å². The molecule has 0 unspecified atom stereocenters. The van der Waals surface area contributed by atoms with Crippen LogP contribution in [0.15, 0.2) is 68.4 Å². The lowest BCUT2D eigenvalue weighted by atomic mass is 10.2. The average molecular weight is 418 g/mol. The van der Waals surface area contributed by atoms with Crippen molar-refractivity contribution in [1.29, 1.82) is 0 Å². The van der Waals surface area contributed by atoms with Crippen LogP contribution in [0.1, 0.15) is 12.8 Å². The molecular weight excluding hydrogens is 402 g/mol. The number of halogens is 1. The zero-order valence-electron chi connectivity index (χ0n) is 13.3. The van der Waals surface area contributed by atoms with E-state index in [0.29, 0.717) is 12.3 Å². The number of amides is 1. The molecule has 25 heavy (non-hydrogen) atoms. The molecule has 1 heterocycles. The van der Waals surface area contributed by atoms with Crippen LogP contribution in [0.25, 0.3) is 11.5 Å². The molecule has 2 aromatic carbocycles. The first-order valence-corrected chi connectivity index (χ1v) is 9.56. The van der Waals surface area contributed by atoms with E-state index in [1.54, 1.807) is 11.8 Å². The third kappa shape index (κ3) is 5.44. The van der Waals surface area contributed by atoms with E-state index in [2.05, 4.69) is 43.6 Å². The smallest absolute Gasteiger partial charge is 0.322 e. The standard InChI is InChI=1S/C18H16BrN3O2S/c19-14-10-8-13(9-11-14)17-21-22-18(24-17)20-16(23)7-4-12-25-15-5-2-1-3-6-15/h1-3,5-6,8-11H,4,7,12H2,(H,20,22,23). The molecule has 128 valence electrons. The highest BCUT2D eigenvalue weighted by Gasteiger charge is 2.11. The first-order chi connectivity index (χ1) is 12.2. The maximum Gasteiger partial charge on any atom is 0.322 e. The van der Waals surface area contributed by atoms with Crippen LogP contribution in [0.4, 0.5) is 6.01 Å². The zero-order chi connectivity index (χ0) is 17.5. The van der Waals surface area contributed by atoms with Gasteiger partial charge in [0.15, 0.2) is 0 Å². The van der Waals surface area contributed by atoms with E-state index in [1.807, 2.05) is 42.5 Å². The summed E-state index contributed by atoms with van der Waals surface area (Å²) in [5.41, 5.74) is 0.801. The number of carbonyl (C=O) groups is 1. The lowest BCUT2D eigenvalue weighted by Gasteiger charge is -2.02. The molecule has 0 bridgehead atoms. The van der Waals surface area contributed by atoms with Gasteiger partial charge in [-0.15, -0.1) is 16.9 Å². The molecule has 0 saturated heterocycles. The Morgan fingerprint density at radius 2 is 1.84 bits per heavy atom. The number of thioether (sulfide) groups is 1. The summed E-state index contributed by atoms with van der Waals surface area (Å²) in [4.78, 5) is 13.2. The number of nitrogens with zero attached hydrogens (tertiary/aromatic N) is 2. The van der Waals surface area contributed by atoms with Crippen molar-refractivity contribution in [3.8, 4) is 11.5 Å². The number of rotatable bonds is 7. The van der Waals surface area contributed by atoms with Crippen LogP contribution in [-0.4, -0.2) is 21.9 Å². The summed E-state index contributed by atoms with van der Waals surface area (Å²) < 4.78 is 6.45. The van der Waals surface area contributed by atoms with Crippen LogP contribution in [0.3, 0.4) is 0 Å². The van der Waals surface area contributed by atoms with Crippen molar-refractivity contribution in [2.24, 2.45) is 0 Å². The number of hydrogen-bond acceptors (Lipinski definition) is 5. The van der Waals surface area contributed by atoms with E-state index in [-0.39, 0.29) is 11.9 Å². The van der Waals surface area contributed by atoms with E-state index in [9.17, 15) is 4.79 Å². The van der Waals surface area contributed by atoms with E-state index < -0.39 is 0 Å². The second kappa shape index (κ2) is 8.82. The third-order valence-corrected chi connectivity index (χ3v) is 4.95. The quantitative estimate of drug-likeness (QED) is 0.432. The average Bonchev–Trinajstić information content (AvgIpc) is 3.09. The molecule has 3 aromatic rings. The fourth-order valence-corrected chi connectivity index (χ4v) is 3.24. The van der Waals surface area contributed by atoms with E-state index >= 15 is 0 Å². The van der Waals surface area contributed by atoms with Crippen molar-refractivity contribution in [2.75, 3.05) is 11.1 Å². The molecule has 0 aliphatic carbocycles. The van der Waals surface area contributed by atoms with E-state index in [4.69, 9.17) is 4.42 Å². The largest absolute Gasteiger partial charge is 0.403 e. The topological polar surface area (TPSA) is 68.0 Å². The molecule has 3 rings (SSSR count). The molecule has 0 radical (unpaired) electrons. The van der Waals surface area contributed by atoms with Crippen molar-refractivity contribution in [3.05, 3.63) is 59.1 Å². The predicted molar refractivity (Wildman–Crippen MR) is 102 cm³/mol. The minimum Gasteiger partial charge on any atom is -0.403 e. The second-order valence-corrected chi connectivity index (χ2v) is 7.32. The van der Waals surface area contributed by atoms with Gasteiger partial charge in [0.1, 0.15) is 0 Å². The molecule has 0 aliphatic rings. The Hall–Kier alpha value is -2.12. The number of carbonyl (C=O) groups excluding carboxylic acids is 1. The molecule has 1 aromatic heterocycles. The maximum atomic E-state index is 12.0. The number of hydrogen-bond donors (Lipinski definition) is 1. The fraction of sp³-hybridized carbons (Fsp3) is 0.167. The van der Waals surface area contributed by atoms with Crippen molar-refractivity contribution in [1.82, 2.24) is 10.2 Å². The minimum absolute atomic E-state index is 0.124. The number of anilines is 1. The van der Waals surface area contributed by atoms with Gasteiger partial charge in [0.05, 0.1) is 0 Å². The van der Waals surface area contributed by atoms with Crippen LogP contribution >= 0.6 is 27.7 Å². The minimum atomic E-state index is -0.125. The molecule has 0 spiro atoms.